The lowest BCUT2D eigenvalue weighted by Crippen LogP contribution is -2.40. The molecule has 98 valence electrons. The minimum atomic E-state index is -2.97. The summed E-state index contributed by atoms with van der Waals surface area (Å²) in [4.78, 5) is 13.4. The molecule has 1 fully saturated rings. The lowest BCUT2D eigenvalue weighted by atomic mass is 10.2. The second kappa shape index (κ2) is 4.97. The molecule has 0 radical (unpaired) electrons. The number of amides is 2. The molecule has 0 aliphatic carbocycles. The number of rotatable bonds is 2. The zero-order valence-electron chi connectivity index (χ0n) is 10.2. The lowest BCUT2D eigenvalue weighted by molar-refractivity contribution is 0.209. The Kier molecular flexibility index (Phi) is 3.56. The molecular formula is C12H16N2O3S. The molecule has 1 heterocycles. The summed E-state index contributed by atoms with van der Waals surface area (Å²) in [5.41, 5.74) is 0.704. The topological polar surface area (TPSA) is 66.5 Å². The largest absolute Gasteiger partial charge is 0.324 e. The maximum Gasteiger partial charge on any atom is 0.321 e. The third-order valence-electron chi connectivity index (χ3n) is 3.10. The number of hydrogen-bond acceptors (Lipinski definition) is 3. The number of nitrogens with one attached hydrogen (secondary N) is 1. The van der Waals surface area contributed by atoms with Gasteiger partial charge in [0.25, 0.3) is 0 Å². The minimum Gasteiger partial charge on any atom is -0.324 e. The number of nitrogens with zero attached hydrogens (tertiary/aromatic N) is 1. The number of hydrogen-bond donors (Lipinski definition) is 1. The van der Waals surface area contributed by atoms with Crippen molar-refractivity contribution in [3.8, 4) is 0 Å². The van der Waals surface area contributed by atoms with Gasteiger partial charge in [0.1, 0.15) is 0 Å². The molecule has 2 rings (SSSR count). The standard InChI is InChI=1S/C12H16N2O3S/c1-14(11-7-8-18(16,17)9-11)12(15)13-10-5-3-2-4-6-10/h2-6,11H,7-9H2,1H3,(H,13,15)/t11-/m1/s1. The van der Waals surface area contributed by atoms with Crippen molar-refractivity contribution in [3.63, 3.8) is 0 Å². The van der Waals surface area contributed by atoms with E-state index in [0.717, 1.165) is 0 Å². The average molecular weight is 268 g/mol. The molecule has 0 bridgehead atoms. The molecule has 6 heteroatoms. The number of sulfone groups is 1. The van der Waals surface area contributed by atoms with Crippen LogP contribution in [0.1, 0.15) is 6.42 Å². The highest BCUT2D eigenvalue weighted by molar-refractivity contribution is 7.91. The van der Waals surface area contributed by atoms with Gasteiger partial charge < -0.3 is 10.2 Å². The molecule has 1 aromatic rings. The zero-order chi connectivity index (χ0) is 13.2. The Morgan fingerprint density at radius 1 is 1.33 bits per heavy atom. The summed E-state index contributed by atoms with van der Waals surface area (Å²) in [5.74, 6) is 0.229. The summed E-state index contributed by atoms with van der Waals surface area (Å²) in [6.07, 6.45) is 0.515. The van der Waals surface area contributed by atoms with Gasteiger partial charge in [-0.25, -0.2) is 13.2 Å². The van der Waals surface area contributed by atoms with Gasteiger partial charge in [-0.05, 0) is 18.6 Å². The highest BCUT2D eigenvalue weighted by Gasteiger charge is 2.32. The van der Waals surface area contributed by atoms with Crippen LogP contribution in [0.3, 0.4) is 0 Å². The molecule has 1 aliphatic heterocycles. The van der Waals surface area contributed by atoms with Crippen LogP contribution >= 0.6 is 0 Å². The molecule has 0 saturated carbocycles. The van der Waals surface area contributed by atoms with Gasteiger partial charge in [0.15, 0.2) is 9.84 Å². The third-order valence-corrected chi connectivity index (χ3v) is 4.85. The van der Waals surface area contributed by atoms with E-state index < -0.39 is 9.84 Å². The molecule has 0 spiro atoms. The summed E-state index contributed by atoms with van der Waals surface area (Å²) in [5, 5.41) is 2.74. The van der Waals surface area contributed by atoms with E-state index in [0.29, 0.717) is 12.1 Å². The van der Waals surface area contributed by atoms with E-state index in [1.54, 1.807) is 19.2 Å². The molecule has 1 N–H and O–H groups in total. The van der Waals surface area contributed by atoms with Gasteiger partial charge in [-0.3, -0.25) is 0 Å². The van der Waals surface area contributed by atoms with Crippen molar-refractivity contribution in [2.75, 3.05) is 23.9 Å². The van der Waals surface area contributed by atoms with Crippen LogP contribution in [0.4, 0.5) is 10.5 Å². The second-order valence-electron chi connectivity index (χ2n) is 4.46. The van der Waals surface area contributed by atoms with Crippen LogP contribution in [0.15, 0.2) is 30.3 Å². The predicted octanol–water partition coefficient (Wildman–Crippen LogP) is 1.34. The van der Waals surface area contributed by atoms with Crippen molar-refractivity contribution in [1.29, 1.82) is 0 Å². The van der Waals surface area contributed by atoms with Gasteiger partial charge in [-0.2, -0.15) is 0 Å². The van der Waals surface area contributed by atoms with Gasteiger partial charge >= 0.3 is 6.03 Å². The molecule has 0 unspecified atom stereocenters. The molecule has 0 aromatic heterocycles. The molecule has 1 atom stereocenters. The van der Waals surface area contributed by atoms with E-state index in [2.05, 4.69) is 5.32 Å². The highest BCUT2D eigenvalue weighted by Crippen LogP contribution is 2.17. The molecule has 18 heavy (non-hydrogen) atoms. The number of para-hydroxylation sites is 1. The summed E-state index contributed by atoms with van der Waals surface area (Å²) in [6, 6.07) is 8.60. The fourth-order valence-electron chi connectivity index (χ4n) is 1.98. The highest BCUT2D eigenvalue weighted by atomic mass is 32.2. The number of carbonyl (C=O) groups excluding carboxylic acids is 1. The summed E-state index contributed by atoms with van der Waals surface area (Å²) < 4.78 is 22.7. The Morgan fingerprint density at radius 3 is 2.56 bits per heavy atom. The van der Waals surface area contributed by atoms with Crippen LogP contribution in [0.2, 0.25) is 0 Å². The SMILES string of the molecule is CN(C(=O)Nc1ccccc1)[C@@H]1CCS(=O)(=O)C1. The quantitative estimate of drug-likeness (QED) is 0.880. The lowest BCUT2D eigenvalue weighted by Gasteiger charge is -2.23. The van der Waals surface area contributed by atoms with Gasteiger partial charge in [0.05, 0.1) is 11.5 Å². The van der Waals surface area contributed by atoms with Crippen molar-refractivity contribution in [3.05, 3.63) is 30.3 Å². The van der Waals surface area contributed by atoms with Crippen molar-refractivity contribution in [1.82, 2.24) is 4.90 Å². The maximum absolute atomic E-state index is 11.9. The van der Waals surface area contributed by atoms with Crippen LogP contribution in [-0.4, -0.2) is 43.9 Å². The van der Waals surface area contributed by atoms with Crippen LogP contribution < -0.4 is 5.32 Å². The first-order valence-corrected chi connectivity index (χ1v) is 7.59. The number of benzene rings is 1. The van der Waals surface area contributed by atoms with E-state index in [-0.39, 0.29) is 23.6 Å². The smallest absolute Gasteiger partial charge is 0.321 e. The first kappa shape index (κ1) is 12.9. The monoisotopic (exact) mass is 268 g/mol. The van der Waals surface area contributed by atoms with Gasteiger partial charge in [0, 0.05) is 18.8 Å². The minimum absolute atomic E-state index is 0.0612. The first-order valence-electron chi connectivity index (χ1n) is 5.77. The van der Waals surface area contributed by atoms with Crippen LogP contribution in [-0.2, 0) is 9.84 Å². The summed E-state index contributed by atoms with van der Waals surface area (Å²) in [6.45, 7) is 0. The van der Waals surface area contributed by atoms with E-state index in [1.807, 2.05) is 18.2 Å². The first-order chi connectivity index (χ1) is 8.48. The van der Waals surface area contributed by atoms with Crippen LogP contribution in [0, 0.1) is 0 Å². The fraction of sp³-hybridized carbons (Fsp3) is 0.417. The molecule has 5 nitrogen and oxygen atoms in total. The van der Waals surface area contributed by atoms with E-state index in [9.17, 15) is 13.2 Å². The number of carbonyl (C=O) groups is 1. The summed E-state index contributed by atoms with van der Waals surface area (Å²) >= 11 is 0. The van der Waals surface area contributed by atoms with Crippen LogP contribution in [0.25, 0.3) is 0 Å². The van der Waals surface area contributed by atoms with Crippen molar-refractivity contribution in [2.24, 2.45) is 0 Å². The average Bonchev–Trinajstić information content (AvgIpc) is 2.70. The van der Waals surface area contributed by atoms with E-state index >= 15 is 0 Å². The molecule has 1 aliphatic rings. The van der Waals surface area contributed by atoms with E-state index in [1.165, 1.54) is 4.90 Å². The summed E-state index contributed by atoms with van der Waals surface area (Å²) in [7, 11) is -1.34. The molecule has 1 aromatic carbocycles. The van der Waals surface area contributed by atoms with Crippen molar-refractivity contribution >= 4 is 21.6 Å². The Hall–Kier alpha value is -1.56. The molecular weight excluding hydrogens is 252 g/mol. The van der Waals surface area contributed by atoms with E-state index in [4.69, 9.17) is 0 Å². The third kappa shape index (κ3) is 3.01. The zero-order valence-corrected chi connectivity index (χ0v) is 11.0. The van der Waals surface area contributed by atoms with Gasteiger partial charge in [-0.15, -0.1) is 0 Å². The second-order valence-corrected chi connectivity index (χ2v) is 6.69. The Balaban J connectivity index is 1.98. The van der Waals surface area contributed by atoms with Crippen LogP contribution in [0.5, 0.6) is 0 Å². The maximum atomic E-state index is 11.9. The van der Waals surface area contributed by atoms with Crippen molar-refractivity contribution in [2.45, 2.75) is 12.5 Å². The predicted molar refractivity (Wildman–Crippen MR) is 70.3 cm³/mol. The van der Waals surface area contributed by atoms with Crippen molar-refractivity contribution < 1.29 is 13.2 Å². The Bertz CT molecular complexity index is 528. The van der Waals surface area contributed by atoms with Gasteiger partial charge in [0.2, 0.25) is 0 Å². The Labute approximate surface area is 107 Å². The fourth-order valence-corrected chi connectivity index (χ4v) is 3.75. The molecule has 1 saturated heterocycles. The van der Waals surface area contributed by atoms with Gasteiger partial charge in [-0.1, -0.05) is 18.2 Å². The number of anilines is 1. The Morgan fingerprint density at radius 2 is 2.00 bits per heavy atom. The normalized spacial score (nSPS) is 21.5. The number of urea groups is 1. The molecule has 2 amide bonds.